The summed E-state index contributed by atoms with van der Waals surface area (Å²) in [5.41, 5.74) is 12.3. The van der Waals surface area contributed by atoms with Gasteiger partial charge in [0.15, 0.2) is 0 Å². The van der Waals surface area contributed by atoms with E-state index in [1.165, 1.54) is 0 Å². The quantitative estimate of drug-likeness (QED) is 0.753. The van der Waals surface area contributed by atoms with Gasteiger partial charge in [-0.3, -0.25) is 4.79 Å². The first kappa shape index (κ1) is 17.3. The number of hydrogen-bond acceptors (Lipinski definition) is 3. The van der Waals surface area contributed by atoms with Crippen LogP contribution in [-0.2, 0) is 4.79 Å². The minimum atomic E-state index is -0.700. The van der Waals surface area contributed by atoms with Gasteiger partial charge < -0.3 is 21.7 Å². The first-order valence-electron chi connectivity index (χ1n) is 6.64. The van der Waals surface area contributed by atoms with Gasteiger partial charge in [-0.25, -0.2) is 4.79 Å². The van der Waals surface area contributed by atoms with Crippen LogP contribution in [0.2, 0.25) is 0 Å². The number of primary amides is 1. The monoisotopic (exact) mass is 312 g/mol. The van der Waals surface area contributed by atoms with Crippen molar-refractivity contribution in [2.24, 2.45) is 11.5 Å². The number of amides is 3. The number of nitrogens with two attached hydrogens (primary N) is 2. The molecule has 0 bridgehead atoms. The summed E-state index contributed by atoms with van der Waals surface area (Å²) < 4.78 is 0. The van der Waals surface area contributed by atoms with Gasteiger partial charge in [-0.1, -0.05) is 30.3 Å². The summed E-state index contributed by atoms with van der Waals surface area (Å²) in [6.45, 7) is 2.67. The average Bonchev–Trinajstić information content (AvgIpc) is 2.80. The highest BCUT2D eigenvalue weighted by atomic mass is 35.5. The van der Waals surface area contributed by atoms with Gasteiger partial charge in [0, 0.05) is 25.0 Å². The molecule has 1 fully saturated rings. The van der Waals surface area contributed by atoms with Crippen LogP contribution >= 0.6 is 12.4 Å². The Morgan fingerprint density at radius 2 is 1.90 bits per heavy atom. The number of urea groups is 1. The summed E-state index contributed by atoms with van der Waals surface area (Å²) in [5.74, 6) is -0.0291. The van der Waals surface area contributed by atoms with Gasteiger partial charge >= 0.3 is 6.03 Å². The number of carbonyl (C=O) groups excluding carboxylic acids is 2. The number of hydrogen-bond donors (Lipinski definition) is 3. The maximum Gasteiger partial charge on any atom is 0.312 e. The van der Waals surface area contributed by atoms with Crippen LogP contribution in [-0.4, -0.2) is 42.0 Å². The summed E-state index contributed by atoms with van der Waals surface area (Å²) in [4.78, 5) is 24.7. The second-order valence-corrected chi connectivity index (χ2v) is 5.15. The second-order valence-electron chi connectivity index (χ2n) is 5.15. The molecule has 7 heteroatoms. The molecule has 21 heavy (non-hydrogen) atoms. The molecule has 5 N–H and O–H groups in total. The largest absolute Gasteiger partial charge is 0.352 e. The normalized spacial score (nSPS) is 22.3. The molecule has 0 radical (unpaired) electrons. The Balaban J connectivity index is 0.00000220. The van der Waals surface area contributed by atoms with Crippen molar-refractivity contribution in [3.8, 4) is 0 Å². The SMILES string of the molecule is CC(NC(N)=O)C(=O)N1C[C@@H](N)[C@H](c2ccccc2)C1.Cl. The number of benzene rings is 1. The average molecular weight is 313 g/mol. The molecule has 1 unspecified atom stereocenters. The molecular weight excluding hydrogens is 292 g/mol. The highest BCUT2D eigenvalue weighted by molar-refractivity contribution is 5.86. The lowest BCUT2D eigenvalue weighted by atomic mass is 9.95. The van der Waals surface area contributed by atoms with Crippen molar-refractivity contribution >= 4 is 24.3 Å². The molecule has 2 rings (SSSR count). The third-order valence-electron chi connectivity index (χ3n) is 3.63. The molecule has 1 aliphatic heterocycles. The summed E-state index contributed by atoms with van der Waals surface area (Å²) in [6.07, 6.45) is 0. The zero-order chi connectivity index (χ0) is 14.7. The second kappa shape index (κ2) is 7.28. The number of nitrogens with one attached hydrogen (secondary N) is 1. The van der Waals surface area contributed by atoms with E-state index in [0.29, 0.717) is 13.1 Å². The Morgan fingerprint density at radius 3 is 2.48 bits per heavy atom. The number of halogens is 1. The van der Waals surface area contributed by atoms with Crippen LogP contribution in [0.4, 0.5) is 4.79 Å². The van der Waals surface area contributed by atoms with Gasteiger partial charge in [-0.15, -0.1) is 12.4 Å². The van der Waals surface area contributed by atoms with E-state index in [0.717, 1.165) is 5.56 Å². The Morgan fingerprint density at radius 1 is 1.29 bits per heavy atom. The van der Waals surface area contributed by atoms with E-state index in [2.05, 4.69) is 5.32 Å². The van der Waals surface area contributed by atoms with Gasteiger partial charge in [0.25, 0.3) is 0 Å². The van der Waals surface area contributed by atoms with E-state index >= 15 is 0 Å². The molecular formula is C14H21ClN4O2. The molecule has 1 heterocycles. The lowest BCUT2D eigenvalue weighted by Gasteiger charge is -2.21. The predicted octanol–water partition coefficient (Wildman–Crippen LogP) is 0.418. The van der Waals surface area contributed by atoms with Crippen molar-refractivity contribution < 1.29 is 9.59 Å². The molecule has 116 valence electrons. The topological polar surface area (TPSA) is 101 Å². The standard InChI is InChI=1S/C14H20N4O2.ClH/c1-9(17-14(16)20)13(19)18-7-11(12(15)8-18)10-5-3-2-4-6-10;/h2-6,9,11-12H,7-8,15H2,1H3,(H3,16,17,20);1H/t9?,11-,12+;/m0./s1. The van der Waals surface area contributed by atoms with Crippen LogP contribution in [0, 0.1) is 0 Å². The van der Waals surface area contributed by atoms with Crippen molar-refractivity contribution in [2.75, 3.05) is 13.1 Å². The van der Waals surface area contributed by atoms with Gasteiger partial charge in [-0.05, 0) is 12.5 Å². The molecule has 0 saturated carbocycles. The van der Waals surface area contributed by atoms with Crippen molar-refractivity contribution in [1.82, 2.24) is 10.2 Å². The zero-order valence-corrected chi connectivity index (χ0v) is 12.7. The number of carbonyl (C=O) groups is 2. The lowest BCUT2D eigenvalue weighted by molar-refractivity contribution is -0.131. The van der Waals surface area contributed by atoms with Crippen molar-refractivity contribution in [2.45, 2.75) is 24.9 Å². The fourth-order valence-electron chi connectivity index (χ4n) is 2.61. The van der Waals surface area contributed by atoms with E-state index in [1.807, 2.05) is 30.3 Å². The Kier molecular flexibility index (Phi) is 5.99. The minimum absolute atomic E-state index is 0. The van der Waals surface area contributed by atoms with E-state index in [9.17, 15) is 9.59 Å². The maximum absolute atomic E-state index is 12.2. The highest BCUT2D eigenvalue weighted by Gasteiger charge is 2.35. The molecule has 3 atom stereocenters. The van der Waals surface area contributed by atoms with E-state index in [-0.39, 0.29) is 30.3 Å². The first-order chi connectivity index (χ1) is 9.49. The van der Waals surface area contributed by atoms with E-state index in [4.69, 9.17) is 11.5 Å². The molecule has 1 aliphatic rings. The van der Waals surface area contributed by atoms with Crippen LogP contribution in [0.25, 0.3) is 0 Å². The van der Waals surface area contributed by atoms with Crippen LogP contribution in [0.5, 0.6) is 0 Å². The molecule has 3 amide bonds. The minimum Gasteiger partial charge on any atom is -0.352 e. The number of nitrogens with zero attached hydrogens (tertiary/aromatic N) is 1. The first-order valence-corrected chi connectivity index (χ1v) is 6.64. The third-order valence-corrected chi connectivity index (χ3v) is 3.63. The fourth-order valence-corrected chi connectivity index (χ4v) is 2.61. The Bertz CT molecular complexity index is 497. The smallest absolute Gasteiger partial charge is 0.312 e. The van der Waals surface area contributed by atoms with Crippen molar-refractivity contribution in [3.63, 3.8) is 0 Å². The summed E-state index contributed by atoms with van der Waals surface area (Å²) in [7, 11) is 0. The van der Waals surface area contributed by atoms with Gasteiger partial charge in [0.1, 0.15) is 6.04 Å². The number of likely N-dealkylation sites (tertiary alicyclic amines) is 1. The molecule has 1 aromatic rings. The lowest BCUT2D eigenvalue weighted by Crippen LogP contribution is -2.48. The summed E-state index contributed by atoms with van der Waals surface area (Å²) in [6, 6.07) is 8.48. The molecule has 6 nitrogen and oxygen atoms in total. The third kappa shape index (κ3) is 4.09. The molecule has 1 saturated heterocycles. The van der Waals surface area contributed by atoms with E-state index < -0.39 is 12.1 Å². The molecule has 1 aromatic carbocycles. The predicted molar refractivity (Wildman–Crippen MR) is 83.2 cm³/mol. The summed E-state index contributed by atoms with van der Waals surface area (Å²) in [5, 5.41) is 2.40. The zero-order valence-electron chi connectivity index (χ0n) is 11.9. The Labute approximate surface area is 130 Å². The van der Waals surface area contributed by atoms with Gasteiger partial charge in [0.05, 0.1) is 0 Å². The van der Waals surface area contributed by atoms with E-state index in [1.54, 1.807) is 11.8 Å². The molecule has 0 aromatic heterocycles. The van der Waals surface area contributed by atoms with Crippen LogP contribution < -0.4 is 16.8 Å². The van der Waals surface area contributed by atoms with Gasteiger partial charge in [-0.2, -0.15) is 0 Å². The molecule has 0 aliphatic carbocycles. The van der Waals surface area contributed by atoms with Gasteiger partial charge in [0.2, 0.25) is 5.91 Å². The van der Waals surface area contributed by atoms with Crippen LogP contribution in [0.15, 0.2) is 30.3 Å². The van der Waals surface area contributed by atoms with Crippen molar-refractivity contribution in [1.29, 1.82) is 0 Å². The molecule has 0 spiro atoms. The van der Waals surface area contributed by atoms with Crippen molar-refractivity contribution in [3.05, 3.63) is 35.9 Å². The van der Waals surface area contributed by atoms with Crippen LogP contribution in [0.1, 0.15) is 18.4 Å². The maximum atomic E-state index is 12.2. The number of rotatable bonds is 3. The Hall–Kier alpha value is -1.79. The highest BCUT2D eigenvalue weighted by Crippen LogP contribution is 2.26. The van der Waals surface area contributed by atoms with Crippen LogP contribution in [0.3, 0.4) is 0 Å². The summed E-state index contributed by atoms with van der Waals surface area (Å²) >= 11 is 0. The fraction of sp³-hybridized carbons (Fsp3) is 0.429.